The third-order valence-electron chi connectivity index (χ3n) is 4.90. The van der Waals surface area contributed by atoms with Crippen LogP contribution >= 0.6 is 0 Å². The summed E-state index contributed by atoms with van der Waals surface area (Å²) in [7, 11) is 0. The zero-order chi connectivity index (χ0) is 20.4. The molecule has 0 spiro atoms. The largest absolute Gasteiger partial charge is 0.445 e. The van der Waals surface area contributed by atoms with Gasteiger partial charge in [-0.2, -0.15) is 0 Å². The Morgan fingerprint density at radius 1 is 0.931 bits per heavy atom. The van der Waals surface area contributed by atoms with Gasteiger partial charge in [-0.25, -0.2) is 9.59 Å². The molecule has 1 fully saturated rings. The van der Waals surface area contributed by atoms with E-state index in [-0.39, 0.29) is 17.7 Å². The molecule has 4 rings (SSSR count). The number of ether oxygens (including phenoxy) is 1. The van der Waals surface area contributed by atoms with Crippen molar-refractivity contribution in [2.24, 2.45) is 0 Å². The molecule has 2 heterocycles. The fourth-order valence-electron chi connectivity index (χ4n) is 3.43. The van der Waals surface area contributed by atoms with Crippen LogP contribution in [0.4, 0.5) is 4.79 Å². The van der Waals surface area contributed by atoms with E-state index >= 15 is 0 Å². The first kappa shape index (κ1) is 18.7. The number of nitrogens with zero attached hydrogens (tertiary/aromatic N) is 2. The van der Waals surface area contributed by atoms with Crippen molar-refractivity contribution in [2.75, 3.05) is 6.54 Å². The van der Waals surface area contributed by atoms with Gasteiger partial charge in [-0.1, -0.05) is 47.5 Å². The van der Waals surface area contributed by atoms with Crippen molar-refractivity contribution < 1.29 is 28.8 Å². The first-order valence-electron chi connectivity index (χ1n) is 9.23. The van der Waals surface area contributed by atoms with E-state index in [9.17, 15) is 19.2 Å². The van der Waals surface area contributed by atoms with Gasteiger partial charge in [0.2, 0.25) is 0 Å². The molecule has 0 aromatic heterocycles. The highest BCUT2D eigenvalue weighted by Crippen LogP contribution is 2.25. The maximum absolute atomic E-state index is 12.6. The number of hydroxylamine groups is 2. The number of benzene rings is 2. The standard InChI is InChI=1S/C21H18N2O6/c24-18-15-9-4-5-10-16(15)19(25)23(18)29-20(26)17-11-6-12-22(17)21(27)28-13-14-7-2-1-3-8-14/h1-5,7-10,17H,6,11-13H2/t17-/m0/s1. The van der Waals surface area contributed by atoms with Crippen molar-refractivity contribution in [1.82, 2.24) is 9.96 Å². The number of rotatable bonds is 4. The Hall–Kier alpha value is -3.68. The lowest BCUT2D eigenvalue weighted by molar-refractivity contribution is -0.173. The molecule has 29 heavy (non-hydrogen) atoms. The van der Waals surface area contributed by atoms with Gasteiger partial charge < -0.3 is 9.57 Å². The van der Waals surface area contributed by atoms with Gasteiger partial charge in [0.05, 0.1) is 11.1 Å². The Bertz CT molecular complexity index is 939. The van der Waals surface area contributed by atoms with E-state index in [1.807, 2.05) is 30.3 Å². The quantitative estimate of drug-likeness (QED) is 0.740. The van der Waals surface area contributed by atoms with Crippen LogP contribution in [0.3, 0.4) is 0 Å². The highest BCUT2D eigenvalue weighted by atomic mass is 16.7. The summed E-state index contributed by atoms with van der Waals surface area (Å²) in [6.45, 7) is 0.409. The molecule has 1 atom stereocenters. The molecule has 0 unspecified atom stereocenters. The highest BCUT2D eigenvalue weighted by molar-refractivity contribution is 6.20. The van der Waals surface area contributed by atoms with E-state index in [0.717, 1.165) is 5.56 Å². The monoisotopic (exact) mass is 394 g/mol. The Morgan fingerprint density at radius 3 is 2.21 bits per heavy atom. The predicted molar refractivity (Wildman–Crippen MR) is 99.4 cm³/mol. The number of carbonyl (C=O) groups excluding carboxylic acids is 4. The molecule has 8 heteroatoms. The number of carbonyl (C=O) groups is 4. The van der Waals surface area contributed by atoms with Gasteiger partial charge in [0.1, 0.15) is 12.6 Å². The molecule has 0 bridgehead atoms. The summed E-state index contributed by atoms with van der Waals surface area (Å²) in [6.07, 6.45) is 0.306. The van der Waals surface area contributed by atoms with Crippen LogP contribution in [0.2, 0.25) is 0 Å². The van der Waals surface area contributed by atoms with E-state index in [0.29, 0.717) is 24.4 Å². The van der Waals surface area contributed by atoms with Crippen molar-refractivity contribution in [3.63, 3.8) is 0 Å². The summed E-state index contributed by atoms with van der Waals surface area (Å²) >= 11 is 0. The third kappa shape index (κ3) is 3.56. The van der Waals surface area contributed by atoms with Gasteiger partial charge in [0, 0.05) is 6.54 Å². The molecule has 0 aliphatic carbocycles. The van der Waals surface area contributed by atoms with Gasteiger partial charge in [-0.3, -0.25) is 14.5 Å². The van der Waals surface area contributed by atoms with Crippen molar-refractivity contribution in [2.45, 2.75) is 25.5 Å². The normalized spacial score (nSPS) is 18.0. The molecular formula is C21H18N2O6. The van der Waals surface area contributed by atoms with Crippen LogP contribution < -0.4 is 0 Å². The van der Waals surface area contributed by atoms with Crippen molar-refractivity contribution >= 4 is 23.9 Å². The van der Waals surface area contributed by atoms with Gasteiger partial charge in [0.15, 0.2) is 0 Å². The summed E-state index contributed by atoms with van der Waals surface area (Å²) < 4.78 is 5.29. The molecule has 0 N–H and O–H groups in total. The number of fused-ring (bicyclic) bond motifs is 1. The molecule has 3 amide bonds. The Balaban J connectivity index is 1.40. The zero-order valence-electron chi connectivity index (χ0n) is 15.4. The summed E-state index contributed by atoms with van der Waals surface area (Å²) in [5, 5.41) is 0.457. The van der Waals surface area contributed by atoms with Crippen LogP contribution in [0.5, 0.6) is 0 Å². The second-order valence-electron chi connectivity index (χ2n) is 6.75. The van der Waals surface area contributed by atoms with Crippen LogP contribution in [0.1, 0.15) is 39.1 Å². The molecule has 2 aliphatic heterocycles. The number of hydrogen-bond acceptors (Lipinski definition) is 6. The predicted octanol–water partition coefficient (Wildman–Crippen LogP) is 2.54. The minimum absolute atomic E-state index is 0.0797. The summed E-state index contributed by atoms with van der Waals surface area (Å²) in [4.78, 5) is 56.1. The molecule has 148 valence electrons. The molecule has 2 aromatic carbocycles. The number of likely N-dealkylation sites (tertiary alicyclic amines) is 1. The van der Waals surface area contributed by atoms with E-state index in [2.05, 4.69) is 0 Å². The van der Waals surface area contributed by atoms with E-state index in [1.54, 1.807) is 12.1 Å². The van der Waals surface area contributed by atoms with Crippen molar-refractivity contribution in [1.29, 1.82) is 0 Å². The minimum Gasteiger partial charge on any atom is -0.445 e. The Kier molecular flexibility index (Phi) is 4.99. The fourth-order valence-corrected chi connectivity index (χ4v) is 3.43. The van der Waals surface area contributed by atoms with Gasteiger partial charge in [-0.05, 0) is 30.5 Å². The van der Waals surface area contributed by atoms with Crippen LogP contribution in [0.25, 0.3) is 0 Å². The Morgan fingerprint density at radius 2 is 1.55 bits per heavy atom. The second-order valence-corrected chi connectivity index (χ2v) is 6.75. The summed E-state index contributed by atoms with van der Waals surface area (Å²) in [5.41, 5.74) is 1.18. The van der Waals surface area contributed by atoms with E-state index in [1.165, 1.54) is 17.0 Å². The van der Waals surface area contributed by atoms with Crippen molar-refractivity contribution in [3.05, 3.63) is 71.3 Å². The summed E-state index contributed by atoms with van der Waals surface area (Å²) in [6, 6.07) is 14.5. The van der Waals surface area contributed by atoms with Crippen LogP contribution in [-0.4, -0.2) is 46.4 Å². The van der Waals surface area contributed by atoms with Gasteiger partial charge in [-0.15, -0.1) is 0 Å². The molecule has 2 aromatic rings. The van der Waals surface area contributed by atoms with Gasteiger partial charge >= 0.3 is 12.1 Å². The van der Waals surface area contributed by atoms with Crippen LogP contribution in [-0.2, 0) is 21.0 Å². The Labute approximate surface area is 166 Å². The average molecular weight is 394 g/mol. The lowest BCUT2D eigenvalue weighted by Gasteiger charge is -2.23. The first-order valence-corrected chi connectivity index (χ1v) is 9.23. The molecule has 0 saturated carbocycles. The molecule has 2 aliphatic rings. The topological polar surface area (TPSA) is 93.2 Å². The maximum Gasteiger partial charge on any atom is 0.410 e. The third-order valence-corrected chi connectivity index (χ3v) is 4.90. The lowest BCUT2D eigenvalue weighted by atomic mass is 10.1. The van der Waals surface area contributed by atoms with Crippen LogP contribution in [0.15, 0.2) is 54.6 Å². The number of amides is 3. The molecule has 1 saturated heterocycles. The molecule has 8 nitrogen and oxygen atoms in total. The summed E-state index contributed by atoms with van der Waals surface area (Å²) in [5.74, 6) is -2.24. The van der Waals surface area contributed by atoms with E-state index < -0.39 is 29.9 Å². The first-order chi connectivity index (χ1) is 14.1. The second kappa shape index (κ2) is 7.75. The molecular weight excluding hydrogens is 376 g/mol. The van der Waals surface area contributed by atoms with Crippen LogP contribution in [0, 0.1) is 0 Å². The van der Waals surface area contributed by atoms with Gasteiger partial charge in [0.25, 0.3) is 11.8 Å². The average Bonchev–Trinajstić information content (AvgIpc) is 3.33. The van der Waals surface area contributed by atoms with E-state index in [4.69, 9.17) is 9.57 Å². The zero-order valence-corrected chi connectivity index (χ0v) is 15.4. The smallest absolute Gasteiger partial charge is 0.410 e. The lowest BCUT2D eigenvalue weighted by Crippen LogP contribution is -2.45. The molecule has 0 radical (unpaired) electrons. The van der Waals surface area contributed by atoms with Crippen molar-refractivity contribution in [3.8, 4) is 0 Å². The highest BCUT2D eigenvalue weighted by Gasteiger charge is 2.43. The fraction of sp³-hybridized carbons (Fsp3) is 0.238. The minimum atomic E-state index is -0.914. The number of imide groups is 1. The SMILES string of the molecule is O=C(ON1C(=O)c2ccccc2C1=O)[C@@H]1CCCN1C(=O)OCc1ccccc1. The number of hydrogen-bond donors (Lipinski definition) is 0. The maximum atomic E-state index is 12.6.